The number of benzene rings is 1. The Balaban J connectivity index is 1.94. The molecule has 0 spiro atoms. The number of rotatable bonds is 2. The van der Waals surface area contributed by atoms with E-state index in [-0.39, 0.29) is 4.83 Å². The lowest BCUT2D eigenvalue weighted by Crippen LogP contribution is -1.90. The lowest BCUT2D eigenvalue weighted by atomic mass is 10.1. The van der Waals surface area contributed by atoms with Crippen molar-refractivity contribution in [1.82, 2.24) is 0 Å². The summed E-state index contributed by atoms with van der Waals surface area (Å²) in [7, 11) is 0. The molecule has 0 fully saturated rings. The first-order valence-corrected chi connectivity index (χ1v) is 7.50. The van der Waals surface area contributed by atoms with E-state index in [2.05, 4.69) is 40.2 Å². The fourth-order valence-electron chi connectivity index (χ4n) is 1.99. The van der Waals surface area contributed by atoms with Crippen molar-refractivity contribution in [2.24, 2.45) is 0 Å². The zero-order chi connectivity index (χ0) is 11.8. The molecule has 2 heterocycles. The van der Waals surface area contributed by atoms with Crippen molar-refractivity contribution < 1.29 is 4.74 Å². The van der Waals surface area contributed by atoms with Crippen molar-refractivity contribution >= 4 is 38.9 Å². The predicted octanol–water partition coefficient (Wildman–Crippen LogP) is 4.82. The summed E-state index contributed by atoms with van der Waals surface area (Å²) in [6, 6.07) is 10.4. The number of fused-ring (bicyclic) bond motifs is 1. The molecule has 1 aliphatic heterocycles. The summed E-state index contributed by atoms with van der Waals surface area (Å²) in [5.41, 5.74) is 2.56. The van der Waals surface area contributed by atoms with Gasteiger partial charge in [-0.1, -0.05) is 39.7 Å². The molecule has 0 N–H and O–H groups in total. The van der Waals surface area contributed by atoms with E-state index < -0.39 is 0 Å². The van der Waals surface area contributed by atoms with Crippen molar-refractivity contribution in [2.45, 2.75) is 11.2 Å². The molecular formula is C13H10BrClOS. The smallest absolute Gasteiger partial charge is 0.122 e. The molecule has 1 unspecified atom stereocenters. The monoisotopic (exact) mass is 328 g/mol. The maximum absolute atomic E-state index is 5.96. The van der Waals surface area contributed by atoms with Gasteiger partial charge in [0.2, 0.25) is 0 Å². The first-order chi connectivity index (χ1) is 8.24. The predicted molar refractivity (Wildman–Crippen MR) is 75.7 cm³/mol. The lowest BCUT2D eigenvalue weighted by Gasteiger charge is -2.09. The van der Waals surface area contributed by atoms with Crippen LogP contribution in [0.1, 0.15) is 20.8 Å². The molecular weight excluding hydrogens is 320 g/mol. The number of thiophene rings is 1. The molecule has 2 aromatic rings. The fraction of sp³-hybridized carbons (Fsp3) is 0.231. The Labute approximate surface area is 118 Å². The highest BCUT2D eigenvalue weighted by atomic mass is 79.9. The van der Waals surface area contributed by atoms with Crippen LogP contribution in [0.15, 0.2) is 30.3 Å². The van der Waals surface area contributed by atoms with Crippen LogP contribution in [0.5, 0.6) is 5.75 Å². The topological polar surface area (TPSA) is 9.23 Å². The zero-order valence-electron chi connectivity index (χ0n) is 8.95. The molecule has 0 amide bonds. The van der Waals surface area contributed by atoms with E-state index in [0.717, 1.165) is 23.1 Å². The van der Waals surface area contributed by atoms with Crippen LogP contribution in [-0.4, -0.2) is 6.61 Å². The molecule has 1 aromatic heterocycles. The first-order valence-electron chi connectivity index (χ1n) is 5.39. The lowest BCUT2D eigenvalue weighted by molar-refractivity contribution is 0.357. The minimum atomic E-state index is 0.214. The van der Waals surface area contributed by atoms with E-state index in [1.54, 1.807) is 11.3 Å². The molecule has 17 heavy (non-hydrogen) atoms. The van der Waals surface area contributed by atoms with Crippen LogP contribution in [-0.2, 0) is 6.42 Å². The van der Waals surface area contributed by atoms with Crippen LogP contribution in [0.25, 0.3) is 0 Å². The summed E-state index contributed by atoms with van der Waals surface area (Å²) in [5.74, 6) is 1.03. The zero-order valence-corrected chi connectivity index (χ0v) is 12.1. The Morgan fingerprint density at radius 2 is 2.18 bits per heavy atom. The number of alkyl halides is 1. The van der Waals surface area contributed by atoms with E-state index in [4.69, 9.17) is 16.3 Å². The van der Waals surface area contributed by atoms with Crippen molar-refractivity contribution in [1.29, 1.82) is 0 Å². The van der Waals surface area contributed by atoms with Gasteiger partial charge in [-0.25, -0.2) is 0 Å². The third kappa shape index (κ3) is 2.24. The Morgan fingerprint density at radius 1 is 1.29 bits per heavy atom. The number of hydrogen-bond donors (Lipinski definition) is 0. The van der Waals surface area contributed by atoms with Gasteiger partial charge in [0.05, 0.1) is 15.8 Å². The van der Waals surface area contributed by atoms with Crippen molar-refractivity contribution in [3.05, 3.63) is 50.7 Å². The third-order valence-electron chi connectivity index (χ3n) is 2.85. The molecule has 1 atom stereocenters. The fourth-order valence-corrected chi connectivity index (χ4v) is 3.78. The van der Waals surface area contributed by atoms with Gasteiger partial charge in [0.25, 0.3) is 0 Å². The van der Waals surface area contributed by atoms with Crippen LogP contribution in [0.2, 0.25) is 4.34 Å². The van der Waals surface area contributed by atoms with Crippen LogP contribution in [0.4, 0.5) is 0 Å². The minimum Gasteiger partial charge on any atom is -0.493 e. The normalized spacial score (nSPS) is 15.4. The summed E-state index contributed by atoms with van der Waals surface area (Å²) in [6.07, 6.45) is 1.01. The number of hydrogen-bond acceptors (Lipinski definition) is 2. The van der Waals surface area contributed by atoms with Gasteiger partial charge >= 0.3 is 0 Å². The summed E-state index contributed by atoms with van der Waals surface area (Å²) in [4.78, 5) is 1.44. The highest BCUT2D eigenvalue weighted by Crippen LogP contribution is 2.38. The Hall–Kier alpha value is -0.510. The molecule has 0 bridgehead atoms. The van der Waals surface area contributed by atoms with E-state index in [1.165, 1.54) is 16.0 Å². The Bertz CT molecular complexity index is 552. The van der Waals surface area contributed by atoms with Crippen molar-refractivity contribution in [3.8, 4) is 5.75 Å². The standard InChI is InChI=1S/C13H10BrClOS/c14-13(11-3-4-12(15)17-11)9-1-2-10-8(7-9)5-6-16-10/h1-4,7,13H,5-6H2. The summed E-state index contributed by atoms with van der Waals surface area (Å²) in [5, 5.41) is 0. The largest absolute Gasteiger partial charge is 0.493 e. The SMILES string of the molecule is Clc1ccc(C(Br)c2ccc3c(c2)CCO3)s1. The average molecular weight is 330 g/mol. The molecule has 0 saturated carbocycles. The Morgan fingerprint density at radius 3 is 2.94 bits per heavy atom. The van der Waals surface area contributed by atoms with Gasteiger partial charge < -0.3 is 4.74 Å². The van der Waals surface area contributed by atoms with Gasteiger partial charge in [0.15, 0.2) is 0 Å². The van der Waals surface area contributed by atoms with Crippen molar-refractivity contribution in [2.75, 3.05) is 6.61 Å². The molecule has 0 saturated heterocycles. The second-order valence-corrected chi connectivity index (χ2v) is 6.63. The van der Waals surface area contributed by atoms with Gasteiger partial charge in [-0.3, -0.25) is 0 Å². The molecule has 1 aromatic carbocycles. The molecule has 1 aliphatic rings. The van der Waals surface area contributed by atoms with Gasteiger partial charge in [-0.15, -0.1) is 11.3 Å². The van der Waals surface area contributed by atoms with Crippen LogP contribution in [0, 0.1) is 0 Å². The maximum Gasteiger partial charge on any atom is 0.122 e. The molecule has 1 nitrogen and oxygen atoms in total. The minimum absolute atomic E-state index is 0.214. The second kappa shape index (κ2) is 4.63. The molecule has 0 radical (unpaired) electrons. The second-order valence-electron chi connectivity index (χ2n) is 3.97. The van der Waals surface area contributed by atoms with Crippen LogP contribution >= 0.6 is 38.9 Å². The molecule has 0 aliphatic carbocycles. The average Bonchev–Trinajstić information content (AvgIpc) is 2.95. The van der Waals surface area contributed by atoms with E-state index in [9.17, 15) is 0 Å². The molecule has 4 heteroatoms. The quantitative estimate of drug-likeness (QED) is 0.718. The summed E-state index contributed by atoms with van der Waals surface area (Å²) >= 11 is 11.3. The summed E-state index contributed by atoms with van der Waals surface area (Å²) in [6.45, 7) is 0.802. The Kier molecular flexibility index (Phi) is 3.16. The number of ether oxygens (including phenoxy) is 1. The first kappa shape index (κ1) is 11.6. The van der Waals surface area contributed by atoms with Gasteiger partial charge in [0.1, 0.15) is 5.75 Å². The van der Waals surface area contributed by atoms with E-state index in [0.29, 0.717) is 0 Å². The van der Waals surface area contributed by atoms with Gasteiger partial charge in [-0.2, -0.15) is 0 Å². The third-order valence-corrected chi connectivity index (χ3v) is 5.47. The highest BCUT2D eigenvalue weighted by molar-refractivity contribution is 9.09. The van der Waals surface area contributed by atoms with Crippen LogP contribution in [0.3, 0.4) is 0 Å². The van der Waals surface area contributed by atoms with E-state index in [1.807, 2.05) is 6.07 Å². The molecule has 3 rings (SSSR count). The van der Waals surface area contributed by atoms with Crippen molar-refractivity contribution in [3.63, 3.8) is 0 Å². The van der Waals surface area contributed by atoms with Crippen LogP contribution < -0.4 is 4.74 Å². The highest BCUT2D eigenvalue weighted by Gasteiger charge is 2.17. The van der Waals surface area contributed by atoms with Gasteiger partial charge in [0, 0.05) is 11.3 Å². The number of halogens is 2. The van der Waals surface area contributed by atoms with Gasteiger partial charge in [-0.05, 0) is 29.3 Å². The van der Waals surface area contributed by atoms with E-state index >= 15 is 0 Å². The summed E-state index contributed by atoms with van der Waals surface area (Å²) < 4.78 is 6.34. The maximum atomic E-state index is 5.96. The molecule has 88 valence electrons.